The van der Waals surface area contributed by atoms with Crippen LogP contribution in [0.3, 0.4) is 0 Å². The van der Waals surface area contributed by atoms with Crippen molar-refractivity contribution in [3.63, 3.8) is 0 Å². The second kappa shape index (κ2) is 5.39. The van der Waals surface area contributed by atoms with Crippen LogP contribution in [0, 0.1) is 6.92 Å². The van der Waals surface area contributed by atoms with E-state index < -0.39 is 0 Å². The molecule has 0 aromatic heterocycles. The average molecular weight is 223 g/mol. The minimum absolute atomic E-state index is 0.339. The second-order valence-electron chi connectivity index (χ2n) is 3.63. The van der Waals surface area contributed by atoms with Gasteiger partial charge in [-0.05, 0) is 24.1 Å². The van der Waals surface area contributed by atoms with Gasteiger partial charge < -0.3 is 14.4 Å². The highest BCUT2D eigenvalue weighted by Crippen LogP contribution is 2.19. The third-order valence-electron chi connectivity index (χ3n) is 2.37. The summed E-state index contributed by atoms with van der Waals surface area (Å²) in [6, 6.07) is 5.83. The van der Waals surface area contributed by atoms with E-state index in [9.17, 15) is 4.79 Å². The quantitative estimate of drug-likeness (QED) is 0.788. The molecule has 1 rings (SSSR count). The Kier molecular flexibility index (Phi) is 4.17. The van der Waals surface area contributed by atoms with Crippen molar-refractivity contribution in [3.05, 3.63) is 29.3 Å². The van der Waals surface area contributed by atoms with Crippen molar-refractivity contribution in [3.8, 4) is 5.75 Å². The molecule has 88 valence electrons. The summed E-state index contributed by atoms with van der Waals surface area (Å²) in [5, 5.41) is 0. The van der Waals surface area contributed by atoms with Gasteiger partial charge in [-0.25, -0.2) is 4.79 Å². The second-order valence-corrected chi connectivity index (χ2v) is 3.63. The Balaban J connectivity index is 2.75. The molecular formula is C12H17NO3. The molecule has 0 spiro atoms. The van der Waals surface area contributed by atoms with Gasteiger partial charge in [0.2, 0.25) is 0 Å². The molecule has 0 aliphatic heterocycles. The van der Waals surface area contributed by atoms with E-state index in [1.165, 1.54) is 12.0 Å². The molecule has 0 radical (unpaired) electrons. The zero-order valence-electron chi connectivity index (χ0n) is 10.1. The van der Waals surface area contributed by atoms with Gasteiger partial charge in [-0.2, -0.15) is 0 Å². The molecule has 1 aromatic rings. The normalized spacial score (nSPS) is 9.75. The number of methoxy groups -OCH3 is 2. The smallest absolute Gasteiger partial charge is 0.409 e. The lowest BCUT2D eigenvalue weighted by molar-refractivity contribution is 0.131. The first-order chi connectivity index (χ1) is 7.58. The number of ether oxygens (including phenoxy) is 2. The van der Waals surface area contributed by atoms with E-state index >= 15 is 0 Å². The van der Waals surface area contributed by atoms with Crippen LogP contribution in [0.5, 0.6) is 5.75 Å². The molecule has 4 heteroatoms. The van der Waals surface area contributed by atoms with Crippen LogP contribution in [0.2, 0.25) is 0 Å². The van der Waals surface area contributed by atoms with Crippen molar-refractivity contribution in [2.45, 2.75) is 13.5 Å². The third-order valence-corrected chi connectivity index (χ3v) is 2.37. The first-order valence-corrected chi connectivity index (χ1v) is 5.01. The summed E-state index contributed by atoms with van der Waals surface area (Å²) in [5.74, 6) is 0.851. The summed E-state index contributed by atoms with van der Waals surface area (Å²) < 4.78 is 9.79. The fourth-order valence-corrected chi connectivity index (χ4v) is 1.53. The highest BCUT2D eigenvalue weighted by Gasteiger charge is 2.09. The molecule has 0 aliphatic carbocycles. The minimum atomic E-state index is -0.339. The average Bonchev–Trinajstić information content (AvgIpc) is 2.28. The SMILES string of the molecule is COC(=O)N(C)Cc1ccc(OC)c(C)c1. The van der Waals surface area contributed by atoms with Crippen molar-refractivity contribution in [2.75, 3.05) is 21.3 Å². The van der Waals surface area contributed by atoms with E-state index in [1.54, 1.807) is 14.2 Å². The molecule has 0 N–H and O–H groups in total. The maximum Gasteiger partial charge on any atom is 0.409 e. The minimum Gasteiger partial charge on any atom is -0.496 e. The molecule has 0 unspecified atom stereocenters. The Morgan fingerprint density at radius 1 is 1.38 bits per heavy atom. The van der Waals surface area contributed by atoms with Gasteiger partial charge in [-0.1, -0.05) is 12.1 Å². The molecule has 0 saturated heterocycles. The monoisotopic (exact) mass is 223 g/mol. The number of carbonyl (C=O) groups excluding carboxylic acids is 1. The number of nitrogens with zero attached hydrogens (tertiary/aromatic N) is 1. The molecule has 0 fully saturated rings. The van der Waals surface area contributed by atoms with Gasteiger partial charge >= 0.3 is 6.09 Å². The van der Waals surface area contributed by atoms with Gasteiger partial charge in [-0.3, -0.25) is 0 Å². The third kappa shape index (κ3) is 2.89. The highest BCUT2D eigenvalue weighted by atomic mass is 16.5. The molecule has 4 nitrogen and oxygen atoms in total. The maximum absolute atomic E-state index is 11.2. The molecule has 0 atom stereocenters. The van der Waals surface area contributed by atoms with E-state index in [0.29, 0.717) is 6.54 Å². The topological polar surface area (TPSA) is 38.8 Å². The van der Waals surface area contributed by atoms with Crippen molar-refractivity contribution in [1.29, 1.82) is 0 Å². The Labute approximate surface area is 95.8 Å². The highest BCUT2D eigenvalue weighted by molar-refractivity contribution is 5.67. The molecular weight excluding hydrogens is 206 g/mol. The van der Waals surface area contributed by atoms with Gasteiger partial charge in [0, 0.05) is 13.6 Å². The van der Waals surface area contributed by atoms with Crippen LogP contribution in [0.25, 0.3) is 0 Å². The van der Waals surface area contributed by atoms with Crippen LogP contribution >= 0.6 is 0 Å². The van der Waals surface area contributed by atoms with Gasteiger partial charge in [0.15, 0.2) is 0 Å². The van der Waals surface area contributed by atoms with E-state index in [-0.39, 0.29) is 6.09 Å². The summed E-state index contributed by atoms with van der Waals surface area (Å²) in [6.45, 7) is 2.50. The summed E-state index contributed by atoms with van der Waals surface area (Å²) in [4.78, 5) is 12.7. The Morgan fingerprint density at radius 3 is 2.56 bits per heavy atom. The van der Waals surface area contributed by atoms with E-state index in [1.807, 2.05) is 25.1 Å². The van der Waals surface area contributed by atoms with E-state index in [2.05, 4.69) is 4.74 Å². The fourth-order valence-electron chi connectivity index (χ4n) is 1.53. The number of benzene rings is 1. The maximum atomic E-state index is 11.2. The zero-order valence-corrected chi connectivity index (χ0v) is 10.1. The number of carbonyl (C=O) groups is 1. The van der Waals surface area contributed by atoms with Crippen LogP contribution < -0.4 is 4.74 Å². The van der Waals surface area contributed by atoms with Crippen molar-refractivity contribution >= 4 is 6.09 Å². The molecule has 0 saturated carbocycles. The first-order valence-electron chi connectivity index (χ1n) is 5.01. The number of aryl methyl sites for hydroxylation is 1. The summed E-state index contributed by atoms with van der Waals surface area (Å²) in [6.07, 6.45) is -0.339. The van der Waals surface area contributed by atoms with Crippen LogP contribution in [-0.2, 0) is 11.3 Å². The Hall–Kier alpha value is -1.71. The van der Waals surface area contributed by atoms with Crippen LogP contribution in [0.1, 0.15) is 11.1 Å². The van der Waals surface area contributed by atoms with Crippen molar-refractivity contribution < 1.29 is 14.3 Å². The van der Waals surface area contributed by atoms with Crippen LogP contribution in [0.4, 0.5) is 4.79 Å². The molecule has 0 bridgehead atoms. The Morgan fingerprint density at radius 2 is 2.06 bits per heavy atom. The summed E-state index contributed by atoms with van der Waals surface area (Å²) in [5.41, 5.74) is 2.10. The van der Waals surface area contributed by atoms with E-state index in [0.717, 1.165) is 16.9 Å². The zero-order chi connectivity index (χ0) is 12.1. The van der Waals surface area contributed by atoms with Gasteiger partial charge in [-0.15, -0.1) is 0 Å². The predicted octanol–water partition coefficient (Wildman–Crippen LogP) is 2.20. The lowest BCUT2D eigenvalue weighted by Crippen LogP contribution is -2.25. The molecule has 0 aliphatic rings. The molecule has 1 aromatic carbocycles. The summed E-state index contributed by atoms with van der Waals surface area (Å²) in [7, 11) is 4.71. The number of amides is 1. The summed E-state index contributed by atoms with van der Waals surface area (Å²) >= 11 is 0. The fraction of sp³-hybridized carbons (Fsp3) is 0.417. The molecule has 16 heavy (non-hydrogen) atoms. The lowest BCUT2D eigenvalue weighted by atomic mass is 10.1. The van der Waals surface area contributed by atoms with Gasteiger partial charge in [0.25, 0.3) is 0 Å². The standard InChI is InChI=1S/C12H17NO3/c1-9-7-10(5-6-11(9)15-3)8-13(2)12(14)16-4/h5-7H,8H2,1-4H3. The number of hydrogen-bond acceptors (Lipinski definition) is 3. The van der Waals surface area contributed by atoms with Gasteiger partial charge in [0.1, 0.15) is 5.75 Å². The van der Waals surface area contributed by atoms with E-state index in [4.69, 9.17) is 4.74 Å². The van der Waals surface area contributed by atoms with Crippen molar-refractivity contribution in [2.24, 2.45) is 0 Å². The number of hydrogen-bond donors (Lipinski definition) is 0. The molecule has 1 amide bonds. The van der Waals surface area contributed by atoms with Crippen molar-refractivity contribution in [1.82, 2.24) is 4.90 Å². The van der Waals surface area contributed by atoms with Gasteiger partial charge in [0.05, 0.1) is 14.2 Å². The largest absolute Gasteiger partial charge is 0.496 e. The van der Waals surface area contributed by atoms with Crippen LogP contribution in [0.15, 0.2) is 18.2 Å². The first kappa shape index (κ1) is 12.4. The predicted molar refractivity (Wildman–Crippen MR) is 61.6 cm³/mol. The lowest BCUT2D eigenvalue weighted by Gasteiger charge is -2.16. The Bertz CT molecular complexity index is 377. The molecule has 0 heterocycles. The van der Waals surface area contributed by atoms with Crippen LogP contribution in [-0.4, -0.2) is 32.3 Å². The number of rotatable bonds is 3.